The largest absolute Gasteiger partial charge is 0.393 e. The third-order valence-electron chi connectivity index (χ3n) is 3.69. The standard InChI is InChI=1S/C18H17Cl2N5/c1-2-25(13-6-4-3-5-7-13)18-16(21)17(22-11-23-18)24-15-9-8-12(19)10-14(15)20/h3-11H,2,21H2,1H3,(H,22,23,24). The van der Waals surface area contributed by atoms with Crippen LogP contribution in [0.3, 0.4) is 0 Å². The number of rotatable bonds is 5. The van der Waals surface area contributed by atoms with Crippen LogP contribution in [0, 0.1) is 0 Å². The molecule has 1 aromatic heterocycles. The molecule has 0 amide bonds. The van der Waals surface area contributed by atoms with Crippen molar-refractivity contribution < 1.29 is 0 Å². The number of anilines is 5. The predicted molar refractivity (Wildman–Crippen MR) is 105 cm³/mol. The van der Waals surface area contributed by atoms with Gasteiger partial charge < -0.3 is 16.0 Å². The van der Waals surface area contributed by atoms with Gasteiger partial charge in [0.05, 0.1) is 10.7 Å². The summed E-state index contributed by atoms with van der Waals surface area (Å²) in [6, 6.07) is 15.1. The highest BCUT2D eigenvalue weighted by Crippen LogP contribution is 2.34. The maximum atomic E-state index is 6.33. The van der Waals surface area contributed by atoms with E-state index in [0.717, 1.165) is 5.69 Å². The Balaban J connectivity index is 1.97. The van der Waals surface area contributed by atoms with E-state index in [9.17, 15) is 0 Å². The van der Waals surface area contributed by atoms with Gasteiger partial charge in [-0.05, 0) is 37.3 Å². The van der Waals surface area contributed by atoms with Gasteiger partial charge in [0, 0.05) is 17.3 Å². The number of nitrogens with one attached hydrogen (secondary N) is 1. The van der Waals surface area contributed by atoms with Crippen LogP contribution >= 0.6 is 23.2 Å². The van der Waals surface area contributed by atoms with Gasteiger partial charge in [0.2, 0.25) is 0 Å². The van der Waals surface area contributed by atoms with Gasteiger partial charge in [-0.2, -0.15) is 0 Å². The molecule has 128 valence electrons. The molecular formula is C18H17Cl2N5. The molecule has 0 saturated carbocycles. The van der Waals surface area contributed by atoms with Crippen molar-refractivity contribution in [3.05, 3.63) is 64.9 Å². The number of halogens is 2. The number of aromatic nitrogens is 2. The highest BCUT2D eigenvalue weighted by molar-refractivity contribution is 6.36. The third kappa shape index (κ3) is 3.78. The minimum absolute atomic E-state index is 0.444. The lowest BCUT2D eigenvalue weighted by Crippen LogP contribution is -2.19. The summed E-state index contributed by atoms with van der Waals surface area (Å²) in [5.74, 6) is 1.12. The Kier molecular flexibility index (Phi) is 5.26. The smallest absolute Gasteiger partial charge is 0.161 e. The summed E-state index contributed by atoms with van der Waals surface area (Å²) in [6.07, 6.45) is 1.48. The van der Waals surface area contributed by atoms with E-state index in [1.165, 1.54) is 6.33 Å². The molecule has 0 unspecified atom stereocenters. The molecule has 0 saturated heterocycles. The maximum absolute atomic E-state index is 6.33. The minimum Gasteiger partial charge on any atom is -0.393 e. The number of hydrogen-bond donors (Lipinski definition) is 2. The first kappa shape index (κ1) is 17.3. The Morgan fingerprint density at radius 2 is 1.84 bits per heavy atom. The molecule has 5 nitrogen and oxygen atoms in total. The van der Waals surface area contributed by atoms with Crippen molar-refractivity contribution in [3.63, 3.8) is 0 Å². The maximum Gasteiger partial charge on any atom is 0.161 e. The number of nitrogens with two attached hydrogens (primary N) is 1. The van der Waals surface area contributed by atoms with E-state index in [-0.39, 0.29) is 0 Å². The molecule has 1 heterocycles. The van der Waals surface area contributed by atoms with Crippen molar-refractivity contribution in [1.82, 2.24) is 9.97 Å². The van der Waals surface area contributed by atoms with Crippen molar-refractivity contribution in [1.29, 1.82) is 0 Å². The lowest BCUT2D eigenvalue weighted by molar-refractivity contribution is 0.980. The number of nitrogen functional groups attached to an aromatic ring is 1. The summed E-state index contributed by atoms with van der Waals surface area (Å²) < 4.78 is 0. The highest BCUT2D eigenvalue weighted by Gasteiger charge is 2.16. The molecular weight excluding hydrogens is 357 g/mol. The topological polar surface area (TPSA) is 67.1 Å². The molecule has 7 heteroatoms. The number of para-hydroxylation sites is 1. The Labute approximate surface area is 156 Å². The average Bonchev–Trinajstić information content (AvgIpc) is 2.62. The van der Waals surface area contributed by atoms with E-state index in [2.05, 4.69) is 15.3 Å². The summed E-state index contributed by atoms with van der Waals surface area (Å²) in [5, 5.41) is 4.20. The second kappa shape index (κ2) is 7.59. The zero-order valence-corrected chi connectivity index (χ0v) is 15.1. The Morgan fingerprint density at radius 3 is 2.52 bits per heavy atom. The van der Waals surface area contributed by atoms with Crippen LogP contribution in [0.4, 0.5) is 28.7 Å². The number of nitrogens with zero attached hydrogens (tertiary/aromatic N) is 3. The molecule has 0 spiro atoms. The lowest BCUT2D eigenvalue weighted by Gasteiger charge is -2.24. The minimum atomic E-state index is 0.444. The van der Waals surface area contributed by atoms with E-state index in [0.29, 0.717) is 39.6 Å². The Bertz CT molecular complexity index is 871. The molecule has 0 bridgehead atoms. The fourth-order valence-corrected chi connectivity index (χ4v) is 2.94. The highest BCUT2D eigenvalue weighted by atomic mass is 35.5. The molecule has 3 aromatic rings. The number of benzene rings is 2. The van der Waals surface area contributed by atoms with Crippen LogP contribution in [0.25, 0.3) is 0 Å². The van der Waals surface area contributed by atoms with Crippen LogP contribution in [0.15, 0.2) is 54.9 Å². The van der Waals surface area contributed by atoms with Gasteiger partial charge in [-0.3, -0.25) is 0 Å². The third-order valence-corrected chi connectivity index (χ3v) is 4.23. The molecule has 0 aliphatic heterocycles. The van der Waals surface area contributed by atoms with Crippen molar-refractivity contribution in [2.45, 2.75) is 6.92 Å². The van der Waals surface area contributed by atoms with Crippen molar-refractivity contribution >= 4 is 51.9 Å². The van der Waals surface area contributed by atoms with Crippen LogP contribution in [0.5, 0.6) is 0 Å². The first-order chi connectivity index (χ1) is 12.1. The first-order valence-electron chi connectivity index (χ1n) is 7.75. The summed E-state index contributed by atoms with van der Waals surface area (Å²) >= 11 is 12.2. The number of hydrogen-bond acceptors (Lipinski definition) is 5. The van der Waals surface area contributed by atoms with Gasteiger partial charge in [-0.25, -0.2) is 9.97 Å². The van der Waals surface area contributed by atoms with Crippen LogP contribution in [-0.2, 0) is 0 Å². The van der Waals surface area contributed by atoms with Gasteiger partial charge in [-0.15, -0.1) is 0 Å². The van der Waals surface area contributed by atoms with Gasteiger partial charge >= 0.3 is 0 Å². The fourth-order valence-electron chi connectivity index (χ4n) is 2.48. The van der Waals surface area contributed by atoms with E-state index >= 15 is 0 Å². The van der Waals surface area contributed by atoms with E-state index in [1.807, 2.05) is 42.2 Å². The second-order valence-corrected chi connectivity index (χ2v) is 6.13. The molecule has 25 heavy (non-hydrogen) atoms. The van der Waals surface area contributed by atoms with E-state index in [1.54, 1.807) is 18.2 Å². The zero-order chi connectivity index (χ0) is 17.8. The summed E-state index contributed by atoms with van der Waals surface area (Å²) in [5.41, 5.74) is 8.45. The van der Waals surface area contributed by atoms with Crippen LogP contribution in [-0.4, -0.2) is 16.5 Å². The van der Waals surface area contributed by atoms with Crippen LogP contribution in [0.2, 0.25) is 10.0 Å². The molecule has 0 aliphatic rings. The quantitative estimate of drug-likeness (QED) is 0.637. The summed E-state index contributed by atoms with van der Waals surface area (Å²) in [4.78, 5) is 10.6. The van der Waals surface area contributed by atoms with Crippen molar-refractivity contribution in [3.8, 4) is 0 Å². The van der Waals surface area contributed by atoms with Crippen molar-refractivity contribution in [2.24, 2.45) is 0 Å². The SMILES string of the molecule is CCN(c1ccccc1)c1ncnc(Nc2ccc(Cl)cc2Cl)c1N. The molecule has 0 fully saturated rings. The van der Waals surface area contributed by atoms with Crippen LogP contribution in [0.1, 0.15) is 6.92 Å². The molecule has 0 aliphatic carbocycles. The molecule has 0 atom stereocenters. The lowest BCUT2D eigenvalue weighted by atomic mass is 10.2. The van der Waals surface area contributed by atoms with Gasteiger partial charge in [-0.1, -0.05) is 41.4 Å². The zero-order valence-electron chi connectivity index (χ0n) is 13.6. The predicted octanol–water partition coefficient (Wildman–Crippen LogP) is 5.27. The van der Waals surface area contributed by atoms with Crippen molar-refractivity contribution in [2.75, 3.05) is 22.5 Å². The van der Waals surface area contributed by atoms with Crippen LogP contribution < -0.4 is 16.0 Å². The monoisotopic (exact) mass is 373 g/mol. The molecule has 3 rings (SSSR count). The van der Waals surface area contributed by atoms with Gasteiger partial charge in [0.1, 0.15) is 12.0 Å². The van der Waals surface area contributed by atoms with E-state index in [4.69, 9.17) is 28.9 Å². The molecule has 2 aromatic carbocycles. The summed E-state index contributed by atoms with van der Waals surface area (Å²) in [6.45, 7) is 2.75. The van der Waals surface area contributed by atoms with Gasteiger partial charge in [0.15, 0.2) is 11.6 Å². The fraction of sp³-hybridized carbons (Fsp3) is 0.111. The second-order valence-electron chi connectivity index (χ2n) is 5.29. The van der Waals surface area contributed by atoms with Gasteiger partial charge in [0.25, 0.3) is 0 Å². The average molecular weight is 374 g/mol. The normalized spacial score (nSPS) is 10.5. The Morgan fingerprint density at radius 1 is 1.08 bits per heavy atom. The summed E-state index contributed by atoms with van der Waals surface area (Å²) in [7, 11) is 0. The molecule has 3 N–H and O–H groups in total. The van der Waals surface area contributed by atoms with E-state index < -0.39 is 0 Å². The Hall–Kier alpha value is -2.50. The molecule has 0 radical (unpaired) electrons. The first-order valence-corrected chi connectivity index (χ1v) is 8.51.